The molecule has 1 N–H and O–H groups in total. The molecule has 1 saturated heterocycles. The number of hydrogen-bond acceptors (Lipinski definition) is 4. The van der Waals surface area contributed by atoms with Crippen molar-refractivity contribution < 1.29 is 19.1 Å². The van der Waals surface area contributed by atoms with Crippen molar-refractivity contribution in [2.45, 2.75) is 13.0 Å². The van der Waals surface area contributed by atoms with Crippen LogP contribution in [0.15, 0.2) is 52.5 Å². The summed E-state index contributed by atoms with van der Waals surface area (Å²) in [5.41, 5.74) is 1.34. The molecule has 7 heteroatoms. The molecule has 0 spiro atoms. The van der Waals surface area contributed by atoms with Crippen LogP contribution < -0.4 is 0 Å². The highest BCUT2D eigenvalue weighted by molar-refractivity contribution is 9.10. The van der Waals surface area contributed by atoms with Gasteiger partial charge in [-0.05, 0) is 44.8 Å². The molecule has 1 amide bonds. The Balaban J connectivity index is 2.19. The highest BCUT2D eigenvalue weighted by Crippen LogP contribution is 2.40. The molecule has 0 aromatic heterocycles. The number of halogens is 2. The van der Waals surface area contributed by atoms with Crippen LogP contribution in [0, 0.1) is 12.7 Å². The Labute approximate surface area is 177 Å². The van der Waals surface area contributed by atoms with Gasteiger partial charge in [0.15, 0.2) is 0 Å². The summed E-state index contributed by atoms with van der Waals surface area (Å²) in [5.74, 6) is -2.39. The van der Waals surface area contributed by atoms with Crippen molar-refractivity contribution in [1.29, 1.82) is 0 Å². The van der Waals surface area contributed by atoms with Crippen LogP contribution >= 0.6 is 15.9 Å². The lowest BCUT2D eigenvalue weighted by Crippen LogP contribution is -2.35. The Morgan fingerprint density at radius 2 is 1.90 bits per heavy atom. The standard InChI is InChI=1S/C22H22BrFN2O3/c1-13-12-14(8-9-16(13)23)20(27)18-19(15-6-4-5-7-17(15)24)26(11-10-25(2)3)22(29)21(18)28/h4-9,12,19,27H,10-11H2,1-3H3/b20-18+. The number of likely N-dealkylation sites (tertiary alicyclic amines) is 1. The number of amides is 1. The molecular formula is C22H22BrFN2O3. The van der Waals surface area contributed by atoms with E-state index in [0.717, 1.165) is 10.0 Å². The van der Waals surface area contributed by atoms with Crippen LogP contribution in [0.5, 0.6) is 0 Å². The maximum atomic E-state index is 14.7. The number of aryl methyl sites for hydroxylation is 1. The Morgan fingerprint density at radius 3 is 2.52 bits per heavy atom. The molecule has 1 unspecified atom stereocenters. The minimum absolute atomic E-state index is 0.0967. The minimum atomic E-state index is -0.986. The van der Waals surface area contributed by atoms with Crippen LogP contribution in [0.3, 0.4) is 0 Å². The van der Waals surface area contributed by atoms with E-state index in [9.17, 15) is 19.1 Å². The average molecular weight is 461 g/mol. The van der Waals surface area contributed by atoms with Crippen molar-refractivity contribution in [2.75, 3.05) is 27.2 Å². The summed E-state index contributed by atoms with van der Waals surface area (Å²) < 4.78 is 15.5. The normalized spacial score (nSPS) is 18.7. The zero-order valence-corrected chi connectivity index (χ0v) is 18.0. The molecule has 29 heavy (non-hydrogen) atoms. The highest BCUT2D eigenvalue weighted by atomic mass is 79.9. The van der Waals surface area contributed by atoms with Gasteiger partial charge in [0.1, 0.15) is 11.6 Å². The highest BCUT2D eigenvalue weighted by Gasteiger charge is 2.46. The van der Waals surface area contributed by atoms with Gasteiger partial charge in [-0.2, -0.15) is 0 Å². The number of aliphatic hydroxyl groups excluding tert-OH is 1. The summed E-state index contributed by atoms with van der Waals surface area (Å²) in [6, 6.07) is 10.1. The number of benzene rings is 2. The van der Waals surface area contributed by atoms with Crippen molar-refractivity contribution in [3.8, 4) is 0 Å². The fraction of sp³-hybridized carbons (Fsp3) is 0.273. The average Bonchev–Trinajstić information content (AvgIpc) is 2.92. The minimum Gasteiger partial charge on any atom is -0.507 e. The number of hydrogen-bond donors (Lipinski definition) is 1. The van der Waals surface area contributed by atoms with Crippen molar-refractivity contribution >= 4 is 33.4 Å². The van der Waals surface area contributed by atoms with Crippen LogP contribution in [0.2, 0.25) is 0 Å². The molecular weight excluding hydrogens is 439 g/mol. The zero-order chi connectivity index (χ0) is 21.3. The van der Waals surface area contributed by atoms with E-state index in [-0.39, 0.29) is 23.4 Å². The van der Waals surface area contributed by atoms with E-state index < -0.39 is 23.5 Å². The van der Waals surface area contributed by atoms with Gasteiger partial charge in [0.25, 0.3) is 11.7 Å². The lowest BCUT2D eigenvalue weighted by atomic mass is 9.94. The smallest absolute Gasteiger partial charge is 0.295 e. The molecule has 0 radical (unpaired) electrons. The second kappa shape index (κ2) is 8.47. The fourth-order valence-corrected chi connectivity index (χ4v) is 3.63. The Bertz CT molecular complexity index is 1000. The molecule has 1 fully saturated rings. The molecule has 152 valence electrons. The first-order chi connectivity index (χ1) is 13.7. The van der Waals surface area contributed by atoms with Gasteiger partial charge in [0.05, 0.1) is 11.6 Å². The molecule has 1 aliphatic heterocycles. The van der Waals surface area contributed by atoms with E-state index in [4.69, 9.17) is 0 Å². The maximum absolute atomic E-state index is 14.7. The number of Topliss-reactive ketones (excluding diaryl/α,β-unsaturated/α-hetero) is 1. The first-order valence-electron chi connectivity index (χ1n) is 9.16. The Morgan fingerprint density at radius 1 is 1.21 bits per heavy atom. The molecule has 2 aromatic carbocycles. The lowest BCUT2D eigenvalue weighted by Gasteiger charge is -2.26. The van der Waals surface area contributed by atoms with E-state index in [1.54, 1.807) is 30.3 Å². The fourth-order valence-electron chi connectivity index (χ4n) is 3.39. The largest absolute Gasteiger partial charge is 0.507 e. The summed E-state index contributed by atoms with van der Waals surface area (Å²) in [4.78, 5) is 28.8. The van der Waals surface area contributed by atoms with E-state index in [1.807, 2.05) is 25.9 Å². The lowest BCUT2D eigenvalue weighted by molar-refractivity contribution is -0.140. The monoisotopic (exact) mass is 460 g/mol. The van der Waals surface area contributed by atoms with E-state index in [0.29, 0.717) is 12.1 Å². The van der Waals surface area contributed by atoms with Crippen molar-refractivity contribution in [2.24, 2.45) is 0 Å². The number of carbonyl (C=O) groups is 2. The van der Waals surface area contributed by atoms with Gasteiger partial charge < -0.3 is 14.9 Å². The van der Waals surface area contributed by atoms with Crippen molar-refractivity contribution in [3.05, 3.63) is 75.0 Å². The summed E-state index contributed by atoms with van der Waals surface area (Å²) in [7, 11) is 3.69. The van der Waals surface area contributed by atoms with Crippen molar-refractivity contribution in [1.82, 2.24) is 9.80 Å². The molecule has 1 aliphatic rings. The Hall–Kier alpha value is -2.51. The maximum Gasteiger partial charge on any atom is 0.295 e. The molecule has 3 rings (SSSR count). The Kier molecular flexibility index (Phi) is 6.19. The van der Waals surface area contributed by atoms with Crippen LogP contribution in [0.1, 0.15) is 22.7 Å². The molecule has 5 nitrogen and oxygen atoms in total. The van der Waals surface area contributed by atoms with Gasteiger partial charge in [0, 0.05) is 28.7 Å². The van der Waals surface area contributed by atoms with Gasteiger partial charge in [-0.15, -0.1) is 0 Å². The van der Waals surface area contributed by atoms with Gasteiger partial charge >= 0.3 is 0 Å². The summed E-state index contributed by atoms with van der Waals surface area (Å²) in [6.45, 7) is 2.58. The van der Waals surface area contributed by atoms with Crippen LogP contribution in [0.4, 0.5) is 4.39 Å². The molecule has 0 saturated carbocycles. The third-order valence-corrected chi connectivity index (χ3v) is 5.85. The number of aliphatic hydroxyl groups is 1. The van der Waals surface area contributed by atoms with Crippen LogP contribution in [-0.4, -0.2) is 53.8 Å². The number of carbonyl (C=O) groups excluding carboxylic acids is 2. The van der Waals surface area contributed by atoms with E-state index >= 15 is 0 Å². The molecule has 1 heterocycles. The molecule has 0 bridgehead atoms. The predicted octanol–water partition coefficient (Wildman–Crippen LogP) is 3.88. The van der Waals surface area contributed by atoms with Crippen LogP contribution in [0.25, 0.3) is 5.76 Å². The second-order valence-corrected chi connectivity index (χ2v) is 8.14. The van der Waals surface area contributed by atoms with E-state index in [2.05, 4.69) is 15.9 Å². The second-order valence-electron chi connectivity index (χ2n) is 7.28. The quantitative estimate of drug-likeness (QED) is 0.417. The van der Waals surface area contributed by atoms with Gasteiger partial charge in [0.2, 0.25) is 0 Å². The zero-order valence-electron chi connectivity index (χ0n) is 16.4. The number of ketones is 1. The first-order valence-corrected chi connectivity index (χ1v) is 9.95. The topological polar surface area (TPSA) is 60.9 Å². The van der Waals surface area contributed by atoms with E-state index in [1.165, 1.54) is 17.0 Å². The molecule has 1 atom stereocenters. The number of rotatable bonds is 5. The van der Waals surface area contributed by atoms with Crippen molar-refractivity contribution in [3.63, 3.8) is 0 Å². The summed E-state index contributed by atoms with van der Waals surface area (Å²) in [6.07, 6.45) is 0. The molecule has 0 aliphatic carbocycles. The third kappa shape index (κ3) is 4.11. The molecule has 2 aromatic rings. The first kappa shape index (κ1) is 21.2. The SMILES string of the molecule is Cc1cc(/C(O)=C2\C(=O)C(=O)N(CCN(C)C)C2c2ccccc2F)ccc1Br. The van der Waals surface area contributed by atoms with Gasteiger partial charge in [-0.25, -0.2) is 4.39 Å². The van der Waals surface area contributed by atoms with Gasteiger partial charge in [-0.1, -0.05) is 40.2 Å². The number of likely N-dealkylation sites (N-methyl/N-ethyl adjacent to an activating group) is 1. The summed E-state index contributed by atoms with van der Waals surface area (Å²) >= 11 is 3.40. The number of nitrogens with zero attached hydrogens (tertiary/aromatic N) is 2. The third-order valence-electron chi connectivity index (χ3n) is 4.96. The summed E-state index contributed by atoms with van der Waals surface area (Å²) in [5, 5.41) is 11.0. The predicted molar refractivity (Wildman–Crippen MR) is 113 cm³/mol. The van der Waals surface area contributed by atoms with Crippen LogP contribution in [-0.2, 0) is 9.59 Å². The van der Waals surface area contributed by atoms with Gasteiger partial charge in [-0.3, -0.25) is 9.59 Å².